The van der Waals surface area contributed by atoms with E-state index in [-0.39, 0.29) is 22.9 Å². The van der Waals surface area contributed by atoms with Gasteiger partial charge in [0.1, 0.15) is 23.0 Å². The number of sulfonamides is 2. The summed E-state index contributed by atoms with van der Waals surface area (Å²) in [6.07, 6.45) is 7.68. The quantitative estimate of drug-likeness (QED) is 0.0878. The molecular weight excluding hydrogens is 788 g/mol. The number of hydrogen-bond donors (Lipinski definition) is 1. The van der Waals surface area contributed by atoms with Crippen LogP contribution in [0.4, 0.5) is 11.4 Å². The third-order valence-corrected chi connectivity index (χ3v) is 13.1. The van der Waals surface area contributed by atoms with Crippen molar-refractivity contribution in [2.75, 3.05) is 26.7 Å². The molecule has 55 heavy (non-hydrogen) atoms. The second kappa shape index (κ2) is 19.5. The fraction of sp³-hybridized carbons (Fsp3) is 0.243. The van der Waals surface area contributed by atoms with E-state index in [1.807, 2.05) is 36.4 Å². The van der Waals surface area contributed by atoms with E-state index in [2.05, 4.69) is 19.9 Å². The molecule has 0 atom stereocenters. The van der Waals surface area contributed by atoms with Crippen molar-refractivity contribution in [3.8, 4) is 23.0 Å². The first kappa shape index (κ1) is 42.6. The minimum atomic E-state index is -4.05. The van der Waals surface area contributed by atoms with Crippen LogP contribution in [0.25, 0.3) is 22.1 Å². The molecule has 0 saturated carbocycles. The summed E-state index contributed by atoms with van der Waals surface area (Å²) in [5, 5.41) is 0. The zero-order valence-electron chi connectivity index (χ0n) is 30.3. The summed E-state index contributed by atoms with van der Waals surface area (Å²) in [5.74, 6) is 1.73. The van der Waals surface area contributed by atoms with Crippen LogP contribution in [-0.4, -0.2) is 62.4 Å². The molecule has 292 valence electrons. The van der Waals surface area contributed by atoms with Crippen LogP contribution in [-0.2, 0) is 29.1 Å². The van der Waals surface area contributed by atoms with E-state index in [1.54, 1.807) is 82.0 Å². The second-order valence-electron chi connectivity index (χ2n) is 11.8. The third-order valence-electron chi connectivity index (χ3n) is 7.12. The number of aromatic nitrogens is 4. The Morgan fingerprint density at radius 1 is 0.545 bits per heavy atom. The van der Waals surface area contributed by atoms with Crippen molar-refractivity contribution >= 4 is 73.2 Å². The topological polar surface area (TPSA) is 202 Å². The molecule has 0 fully saturated rings. The van der Waals surface area contributed by atoms with E-state index in [9.17, 15) is 25.3 Å². The first-order valence-electron chi connectivity index (χ1n) is 17.0. The molecule has 0 aliphatic rings. The number of ether oxygens (including phenoxy) is 2. The minimum absolute atomic E-state index is 0.0231. The Balaban J connectivity index is 0.000000226. The number of halogens is 1. The molecule has 14 nitrogen and oxygen atoms in total. The molecule has 0 aliphatic heterocycles. The van der Waals surface area contributed by atoms with Gasteiger partial charge in [-0.2, -0.15) is 3.71 Å². The lowest BCUT2D eigenvalue weighted by Crippen LogP contribution is -2.39. The molecule has 0 radical (unpaired) electrons. The summed E-state index contributed by atoms with van der Waals surface area (Å²) >= 11 is 0. The molecule has 2 heterocycles. The highest BCUT2D eigenvalue weighted by Crippen LogP contribution is 2.31. The molecule has 4 aromatic carbocycles. The number of nitrogen functional groups attached to an aromatic ring is 1. The lowest BCUT2D eigenvalue weighted by atomic mass is 10.2. The van der Waals surface area contributed by atoms with Crippen LogP contribution in [0.15, 0.2) is 110 Å². The van der Waals surface area contributed by atoms with Gasteiger partial charge in [-0.15, -0.1) is 0 Å². The molecule has 0 aliphatic carbocycles. The maximum atomic E-state index is 12.8. The molecule has 6 rings (SSSR count). The zero-order chi connectivity index (χ0) is 40.1. The maximum Gasteiger partial charge on any atom is 0.248 e. The number of nitrogens with zero attached hydrogens (tertiary/aromatic N) is 5. The fourth-order valence-electron chi connectivity index (χ4n) is 4.94. The number of benzene rings is 4. The lowest BCUT2D eigenvalue weighted by Gasteiger charge is -2.24. The summed E-state index contributed by atoms with van der Waals surface area (Å²) in [4.78, 5) is 16.9. The first-order valence-corrected chi connectivity index (χ1v) is 22.7. The largest absolute Gasteiger partial charge is 0.457 e. The van der Waals surface area contributed by atoms with Crippen LogP contribution in [0, 0.1) is 0 Å². The Morgan fingerprint density at radius 3 is 1.38 bits per heavy atom. The van der Waals surface area contributed by atoms with Gasteiger partial charge >= 0.3 is 0 Å². The van der Waals surface area contributed by atoms with Crippen LogP contribution >= 0.6 is 10.7 Å². The highest BCUT2D eigenvalue weighted by Gasteiger charge is 2.33. The van der Waals surface area contributed by atoms with Gasteiger partial charge in [-0.25, -0.2) is 25.3 Å². The normalized spacial score (nSPS) is 11.5. The van der Waals surface area contributed by atoms with E-state index in [1.165, 1.54) is 12.1 Å². The van der Waals surface area contributed by atoms with Gasteiger partial charge < -0.3 is 15.2 Å². The average molecular weight is 829 g/mol. The molecule has 0 spiro atoms. The Kier molecular flexibility index (Phi) is 15.1. The number of fused-ring (bicyclic) bond motifs is 2. The molecule has 0 saturated heterocycles. The number of rotatable bonds is 13. The summed E-state index contributed by atoms with van der Waals surface area (Å²) < 4.78 is 83.1. The van der Waals surface area contributed by atoms with Gasteiger partial charge in [-0.1, -0.05) is 32.9 Å². The van der Waals surface area contributed by atoms with Crippen molar-refractivity contribution in [3.05, 3.63) is 110 Å². The summed E-state index contributed by atoms with van der Waals surface area (Å²) in [6, 6.07) is 24.1. The van der Waals surface area contributed by atoms with Crippen molar-refractivity contribution in [2.45, 2.75) is 40.0 Å². The molecule has 0 unspecified atom stereocenters. The zero-order valence-corrected chi connectivity index (χ0v) is 33.5. The van der Waals surface area contributed by atoms with Crippen LogP contribution < -0.4 is 18.9 Å². The SMILES string of the molecule is CCCS(=O)(=O)Cl.CCCS(=O)(=O)N(c1cccc(Oc2ccc3nccnc3c2)c1)S(=O)(=O)CCC.Nc1cccc(Oc2ccc3nccnc3c2)c1. The molecule has 6 aromatic rings. The highest BCUT2D eigenvalue weighted by atomic mass is 35.7. The number of hydrogen-bond acceptors (Lipinski definition) is 13. The lowest BCUT2D eigenvalue weighted by molar-refractivity contribution is 0.483. The molecule has 2 aromatic heterocycles. The summed E-state index contributed by atoms with van der Waals surface area (Å²) in [5.41, 5.74) is 9.40. The Bertz CT molecular complexity index is 2510. The molecular formula is C37H41ClN6O8S3. The standard InChI is InChI=1S/C20H23N3O5S2.C14H11N3O.C3H7ClO2S/c1-3-12-29(24,25)23(30(26,27)13-4-2)16-6-5-7-17(14-16)28-18-8-9-19-20(15-18)22-11-10-21-19;15-10-2-1-3-11(8-10)18-12-4-5-13-14(9-12)17-7-6-16-13;1-2-3-7(4,5)6/h5-11,14-15H,3-4,12-13H2,1-2H3;1-9H,15H2;2-3H2,1H3. The van der Waals surface area contributed by atoms with Crippen molar-refractivity contribution in [1.29, 1.82) is 0 Å². The predicted molar refractivity (Wildman–Crippen MR) is 217 cm³/mol. The highest BCUT2D eigenvalue weighted by molar-refractivity contribution is 8.13. The van der Waals surface area contributed by atoms with Crippen LogP contribution in [0.1, 0.15) is 40.0 Å². The Labute approximate surface area is 325 Å². The smallest absolute Gasteiger partial charge is 0.248 e. The molecule has 0 bridgehead atoms. The Hall–Kier alpha value is -5.10. The van der Waals surface area contributed by atoms with E-state index in [4.69, 9.17) is 25.9 Å². The second-order valence-corrected chi connectivity index (χ2v) is 18.8. The monoisotopic (exact) mass is 828 g/mol. The summed E-state index contributed by atoms with van der Waals surface area (Å²) in [7, 11) is -6.50. The van der Waals surface area contributed by atoms with Gasteiger partial charge in [0.15, 0.2) is 0 Å². The Morgan fingerprint density at radius 2 is 0.964 bits per heavy atom. The van der Waals surface area contributed by atoms with E-state index in [0.29, 0.717) is 62.7 Å². The fourth-order valence-corrected chi connectivity index (χ4v) is 9.96. The molecule has 2 N–H and O–H groups in total. The number of anilines is 2. The van der Waals surface area contributed by atoms with Crippen molar-refractivity contribution in [1.82, 2.24) is 19.9 Å². The van der Waals surface area contributed by atoms with Crippen molar-refractivity contribution in [2.24, 2.45) is 0 Å². The van der Waals surface area contributed by atoms with Gasteiger partial charge in [-0.3, -0.25) is 19.9 Å². The number of nitrogens with two attached hydrogens (primary N) is 1. The van der Waals surface area contributed by atoms with E-state index in [0.717, 1.165) is 11.0 Å². The van der Waals surface area contributed by atoms with Crippen LogP contribution in [0.2, 0.25) is 0 Å². The van der Waals surface area contributed by atoms with Gasteiger partial charge in [0.05, 0.1) is 45.0 Å². The predicted octanol–water partition coefficient (Wildman–Crippen LogP) is 7.68. The van der Waals surface area contributed by atoms with E-state index >= 15 is 0 Å². The van der Waals surface area contributed by atoms with Gasteiger partial charge in [0, 0.05) is 65.4 Å². The van der Waals surface area contributed by atoms with Gasteiger partial charge in [0.2, 0.25) is 29.1 Å². The van der Waals surface area contributed by atoms with Gasteiger partial charge in [-0.05, 0) is 67.8 Å². The van der Waals surface area contributed by atoms with Crippen LogP contribution in [0.5, 0.6) is 23.0 Å². The van der Waals surface area contributed by atoms with Crippen molar-refractivity contribution < 1.29 is 34.7 Å². The van der Waals surface area contributed by atoms with Gasteiger partial charge in [0.25, 0.3) is 0 Å². The van der Waals surface area contributed by atoms with Crippen molar-refractivity contribution in [3.63, 3.8) is 0 Å². The van der Waals surface area contributed by atoms with E-state index < -0.39 is 29.1 Å². The average Bonchev–Trinajstić information content (AvgIpc) is 3.11. The maximum absolute atomic E-state index is 12.8. The van der Waals surface area contributed by atoms with Crippen LogP contribution in [0.3, 0.4) is 0 Å². The first-order chi connectivity index (χ1) is 26.1. The summed E-state index contributed by atoms with van der Waals surface area (Å²) in [6.45, 7) is 5.13. The molecule has 18 heteroatoms. The third kappa shape index (κ3) is 13.0. The molecule has 0 amide bonds. The minimum Gasteiger partial charge on any atom is -0.457 e.